The Bertz CT molecular complexity index is 754. The molecular weight excluding hydrogens is 290 g/mol. The molecule has 0 fully saturated rings. The maximum absolute atomic E-state index is 11.6. The fourth-order valence-corrected chi connectivity index (χ4v) is 2.80. The molecule has 2 N–H and O–H groups in total. The van der Waals surface area contributed by atoms with Gasteiger partial charge in [-0.05, 0) is 43.2 Å². The van der Waals surface area contributed by atoms with Crippen LogP contribution in [0.5, 0.6) is 5.75 Å². The first-order valence-electron chi connectivity index (χ1n) is 7.51. The molecule has 118 valence electrons. The maximum atomic E-state index is 11.6. The smallest absolute Gasteiger partial charge is 0.331 e. The molecule has 2 aromatic rings. The van der Waals surface area contributed by atoms with Crippen LogP contribution in [0.4, 0.5) is 5.69 Å². The molecule has 1 aliphatic heterocycles. The van der Waals surface area contributed by atoms with Gasteiger partial charge in [0, 0.05) is 6.08 Å². The third kappa shape index (κ3) is 3.06. The zero-order valence-corrected chi connectivity index (χ0v) is 13.1. The maximum Gasteiger partial charge on any atom is 0.331 e. The van der Waals surface area contributed by atoms with Gasteiger partial charge in [-0.2, -0.15) is 0 Å². The number of esters is 1. The van der Waals surface area contributed by atoms with E-state index in [0.717, 1.165) is 11.1 Å². The highest BCUT2D eigenvalue weighted by Gasteiger charge is 2.40. The summed E-state index contributed by atoms with van der Waals surface area (Å²) in [7, 11) is 0. The standard InChI is InChI=1S/C19H19NO3/c1-13-8-9-16(21)15(12-13)20-18(14-6-4-3-5-7-14)19(2)11-10-17(22)23-19/h3-12,18,20-21H,1-2H3/t18-,19-/m1/s1. The van der Waals surface area contributed by atoms with Crippen molar-refractivity contribution in [3.8, 4) is 5.75 Å². The van der Waals surface area contributed by atoms with Crippen molar-refractivity contribution in [2.75, 3.05) is 5.32 Å². The summed E-state index contributed by atoms with van der Waals surface area (Å²) in [6.07, 6.45) is 3.20. The van der Waals surface area contributed by atoms with Crippen LogP contribution < -0.4 is 5.32 Å². The Morgan fingerprint density at radius 3 is 2.57 bits per heavy atom. The van der Waals surface area contributed by atoms with Crippen molar-refractivity contribution in [2.45, 2.75) is 25.5 Å². The molecule has 4 nitrogen and oxygen atoms in total. The predicted octanol–water partition coefficient (Wildman–Crippen LogP) is 3.73. The summed E-state index contributed by atoms with van der Waals surface area (Å²) in [6, 6.07) is 14.8. The number of nitrogens with one attached hydrogen (secondary N) is 1. The van der Waals surface area contributed by atoms with Gasteiger partial charge in [-0.25, -0.2) is 4.79 Å². The Morgan fingerprint density at radius 2 is 1.91 bits per heavy atom. The lowest BCUT2D eigenvalue weighted by Crippen LogP contribution is -2.37. The number of carbonyl (C=O) groups is 1. The van der Waals surface area contributed by atoms with Crippen molar-refractivity contribution in [3.05, 3.63) is 71.8 Å². The number of hydrogen-bond acceptors (Lipinski definition) is 4. The first-order valence-corrected chi connectivity index (χ1v) is 7.51. The van der Waals surface area contributed by atoms with Gasteiger partial charge in [0.2, 0.25) is 0 Å². The molecule has 1 aliphatic rings. The van der Waals surface area contributed by atoms with Gasteiger partial charge in [-0.1, -0.05) is 36.4 Å². The third-order valence-corrected chi connectivity index (χ3v) is 4.03. The fraction of sp³-hybridized carbons (Fsp3) is 0.211. The predicted molar refractivity (Wildman–Crippen MR) is 89.3 cm³/mol. The summed E-state index contributed by atoms with van der Waals surface area (Å²) in [5.74, 6) is -0.197. The normalized spacial score (nSPS) is 21.0. The molecule has 23 heavy (non-hydrogen) atoms. The minimum atomic E-state index is -0.825. The summed E-state index contributed by atoms with van der Waals surface area (Å²) >= 11 is 0. The summed E-state index contributed by atoms with van der Waals surface area (Å²) in [5, 5.41) is 13.5. The Labute approximate surface area is 135 Å². The molecule has 0 bridgehead atoms. The van der Waals surface area contributed by atoms with Gasteiger partial charge < -0.3 is 15.2 Å². The summed E-state index contributed by atoms with van der Waals surface area (Å²) in [5.41, 5.74) is 1.78. The van der Waals surface area contributed by atoms with Crippen LogP contribution in [-0.2, 0) is 9.53 Å². The van der Waals surface area contributed by atoms with Crippen molar-refractivity contribution in [1.82, 2.24) is 0 Å². The second kappa shape index (κ2) is 5.80. The topological polar surface area (TPSA) is 58.6 Å². The van der Waals surface area contributed by atoms with Gasteiger partial charge in [0.1, 0.15) is 5.75 Å². The van der Waals surface area contributed by atoms with E-state index >= 15 is 0 Å². The molecule has 1 heterocycles. The second-order valence-corrected chi connectivity index (χ2v) is 5.95. The molecule has 0 aromatic heterocycles. The highest BCUT2D eigenvalue weighted by Crippen LogP contribution is 2.38. The average molecular weight is 309 g/mol. The Kier molecular flexibility index (Phi) is 3.82. The first-order chi connectivity index (χ1) is 11.0. The Balaban J connectivity index is 2.01. The molecule has 4 heteroatoms. The molecule has 2 atom stereocenters. The van der Waals surface area contributed by atoms with E-state index in [1.54, 1.807) is 12.1 Å². The van der Waals surface area contributed by atoms with E-state index in [1.165, 1.54) is 6.08 Å². The monoisotopic (exact) mass is 309 g/mol. The molecular formula is C19H19NO3. The van der Waals surface area contributed by atoms with E-state index < -0.39 is 5.60 Å². The van der Waals surface area contributed by atoms with Gasteiger partial charge >= 0.3 is 5.97 Å². The zero-order chi connectivity index (χ0) is 16.4. The van der Waals surface area contributed by atoms with Crippen molar-refractivity contribution >= 4 is 11.7 Å². The largest absolute Gasteiger partial charge is 0.506 e. The van der Waals surface area contributed by atoms with Crippen molar-refractivity contribution in [2.24, 2.45) is 0 Å². The van der Waals surface area contributed by atoms with Gasteiger partial charge in [0.15, 0.2) is 5.60 Å². The van der Waals surface area contributed by atoms with E-state index in [1.807, 2.05) is 56.3 Å². The summed E-state index contributed by atoms with van der Waals surface area (Å²) in [6.45, 7) is 3.81. The number of cyclic esters (lactones) is 1. The lowest BCUT2D eigenvalue weighted by molar-refractivity contribution is -0.145. The number of aryl methyl sites for hydroxylation is 1. The number of ether oxygens (including phenoxy) is 1. The molecule has 0 saturated carbocycles. The van der Waals surface area contributed by atoms with E-state index in [9.17, 15) is 9.90 Å². The van der Waals surface area contributed by atoms with E-state index in [-0.39, 0.29) is 17.8 Å². The van der Waals surface area contributed by atoms with Crippen LogP contribution in [0.1, 0.15) is 24.1 Å². The van der Waals surface area contributed by atoms with E-state index in [0.29, 0.717) is 5.69 Å². The molecule has 3 rings (SSSR count). The number of rotatable bonds is 4. The van der Waals surface area contributed by atoms with Crippen LogP contribution in [0.15, 0.2) is 60.7 Å². The van der Waals surface area contributed by atoms with Crippen LogP contribution in [0.3, 0.4) is 0 Å². The molecule has 0 saturated heterocycles. The number of anilines is 1. The van der Waals surface area contributed by atoms with Gasteiger partial charge in [-0.15, -0.1) is 0 Å². The average Bonchev–Trinajstić information content (AvgIpc) is 2.89. The summed E-state index contributed by atoms with van der Waals surface area (Å²) in [4.78, 5) is 11.6. The van der Waals surface area contributed by atoms with Crippen molar-refractivity contribution < 1.29 is 14.6 Å². The molecule has 0 aliphatic carbocycles. The fourth-order valence-electron chi connectivity index (χ4n) is 2.80. The Hall–Kier alpha value is -2.75. The number of hydrogen-bond donors (Lipinski definition) is 2. The Morgan fingerprint density at radius 1 is 1.17 bits per heavy atom. The van der Waals surface area contributed by atoms with Crippen LogP contribution in [-0.4, -0.2) is 16.7 Å². The first kappa shape index (κ1) is 15.2. The minimum absolute atomic E-state index is 0.161. The molecule has 0 unspecified atom stereocenters. The highest BCUT2D eigenvalue weighted by atomic mass is 16.6. The van der Waals surface area contributed by atoms with Crippen molar-refractivity contribution in [3.63, 3.8) is 0 Å². The highest BCUT2D eigenvalue weighted by molar-refractivity contribution is 5.85. The molecule has 2 aromatic carbocycles. The van der Waals surface area contributed by atoms with E-state index in [2.05, 4.69) is 5.32 Å². The van der Waals surface area contributed by atoms with Crippen LogP contribution >= 0.6 is 0 Å². The summed E-state index contributed by atoms with van der Waals surface area (Å²) < 4.78 is 5.51. The van der Waals surface area contributed by atoms with Gasteiger partial charge in [0.25, 0.3) is 0 Å². The molecule has 0 radical (unpaired) electrons. The third-order valence-electron chi connectivity index (χ3n) is 4.03. The lowest BCUT2D eigenvalue weighted by atomic mass is 9.90. The number of benzene rings is 2. The van der Waals surface area contributed by atoms with Gasteiger partial charge in [-0.3, -0.25) is 0 Å². The number of aromatic hydroxyl groups is 1. The lowest BCUT2D eigenvalue weighted by Gasteiger charge is -2.33. The SMILES string of the molecule is Cc1ccc(O)c(N[C@H](c2ccccc2)[C@@]2(C)C=CC(=O)O2)c1. The second-order valence-electron chi connectivity index (χ2n) is 5.95. The quantitative estimate of drug-likeness (QED) is 0.667. The van der Waals surface area contributed by atoms with Crippen LogP contribution in [0.2, 0.25) is 0 Å². The van der Waals surface area contributed by atoms with Crippen LogP contribution in [0, 0.1) is 6.92 Å². The van der Waals surface area contributed by atoms with Crippen molar-refractivity contribution in [1.29, 1.82) is 0 Å². The van der Waals surface area contributed by atoms with Crippen LogP contribution in [0.25, 0.3) is 0 Å². The van der Waals surface area contributed by atoms with E-state index in [4.69, 9.17) is 4.74 Å². The number of phenolic OH excluding ortho intramolecular Hbond substituents is 1. The number of phenols is 1. The number of carbonyl (C=O) groups excluding carboxylic acids is 1. The zero-order valence-electron chi connectivity index (χ0n) is 13.1. The van der Waals surface area contributed by atoms with Gasteiger partial charge in [0.05, 0.1) is 11.7 Å². The molecule has 0 spiro atoms. The minimum Gasteiger partial charge on any atom is -0.506 e. The molecule has 0 amide bonds.